The standard InChI is InChI=1S/C17H13NO7/c19-13-6-5-9(8-14(13)20)7-11(17(24)25)15(21)18-12-4-2-1-3-10(12)16(22)23/h1-8,19-20H,(H,18,21)(H,22,23)(H,24,25). The molecular formula is C17H13NO7. The van der Waals surface area contributed by atoms with Crippen LogP contribution in [0.2, 0.25) is 0 Å². The Hall–Kier alpha value is -3.81. The lowest BCUT2D eigenvalue weighted by Gasteiger charge is -2.09. The number of aromatic hydroxyl groups is 2. The number of amides is 1. The number of carbonyl (C=O) groups is 3. The molecule has 0 aliphatic heterocycles. The minimum absolute atomic E-state index is 0.0549. The molecule has 0 atom stereocenters. The molecule has 2 aromatic rings. The molecule has 2 aromatic carbocycles. The highest BCUT2D eigenvalue weighted by atomic mass is 16.4. The van der Waals surface area contributed by atoms with E-state index in [4.69, 9.17) is 5.11 Å². The van der Waals surface area contributed by atoms with Gasteiger partial charge in [-0.3, -0.25) is 4.79 Å². The Bertz CT molecular complexity index is 886. The topological polar surface area (TPSA) is 144 Å². The van der Waals surface area contributed by atoms with E-state index in [9.17, 15) is 29.7 Å². The van der Waals surface area contributed by atoms with Crippen molar-refractivity contribution in [2.75, 3.05) is 5.32 Å². The molecular weight excluding hydrogens is 330 g/mol. The van der Waals surface area contributed by atoms with Crippen molar-refractivity contribution in [1.82, 2.24) is 0 Å². The number of carboxylic acids is 2. The maximum absolute atomic E-state index is 12.2. The van der Waals surface area contributed by atoms with Gasteiger partial charge in [-0.1, -0.05) is 18.2 Å². The molecule has 0 fully saturated rings. The first kappa shape index (κ1) is 17.5. The molecule has 128 valence electrons. The molecule has 0 spiro atoms. The third-order valence-corrected chi connectivity index (χ3v) is 3.19. The molecule has 0 radical (unpaired) electrons. The van der Waals surface area contributed by atoms with Crippen LogP contribution in [0.15, 0.2) is 48.0 Å². The first-order valence-electron chi connectivity index (χ1n) is 6.90. The van der Waals surface area contributed by atoms with Gasteiger partial charge in [0.05, 0.1) is 11.3 Å². The van der Waals surface area contributed by atoms with Crippen molar-refractivity contribution in [3.05, 3.63) is 59.2 Å². The number of phenolic OH excluding ortho intramolecular Hbond substituents is 2. The van der Waals surface area contributed by atoms with E-state index in [-0.39, 0.29) is 16.8 Å². The van der Waals surface area contributed by atoms with Crippen molar-refractivity contribution in [3.8, 4) is 11.5 Å². The van der Waals surface area contributed by atoms with E-state index >= 15 is 0 Å². The smallest absolute Gasteiger partial charge is 0.341 e. The highest BCUT2D eigenvalue weighted by Crippen LogP contribution is 2.26. The maximum atomic E-state index is 12.2. The van der Waals surface area contributed by atoms with E-state index < -0.39 is 34.9 Å². The molecule has 25 heavy (non-hydrogen) atoms. The summed E-state index contributed by atoms with van der Waals surface area (Å²) in [6.07, 6.45) is 0.986. The summed E-state index contributed by atoms with van der Waals surface area (Å²) >= 11 is 0. The molecule has 8 nitrogen and oxygen atoms in total. The lowest BCUT2D eigenvalue weighted by Crippen LogP contribution is -2.21. The van der Waals surface area contributed by atoms with Gasteiger partial charge in [0.2, 0.25) is 0 Å². The summed E-state index contributed by atoms with van der Waals surface area (Å²) in [6, 6.07) is 9.06. The fourth-order valence-corrected chi connectivity index (χ4v) is 1.99. The molecule has 2 rings (SSSR count). The fraction of sp³-hybridized carbons (Fsp3) is 0. The van der Waals surface area contributed by atoms with Gasteiger partial charge in [-0.05, 0) is 35.9 Å². The Morgan fingerprint density at radius 2 is 1.60 bits per heavy atom. The van der Waals surface area contributed by atoms with Gasteiger partial charge in [-0.25, -0.2) is 9.59 Å². The number of anilines is 1. The lowest BCUT2D eigenvalue weighted by molar-refractivity contribution is -0.134. The molecule has 0 aromatic heterocycles. The van der Waals surface area contributed by atoms with Gasteiger partial charge in [-0.15, -0.1) is 0 Å². The largest absolute Gasteiger partial charge is 0.504 e. The highest BCUT2D eigenvalue weighted by molar-refractivity contribution is 6.24. The van der Waals surface area contributed by atoms with E-state index in [1.54, 1.807) is 0 Å². The number of hydrogen-bond donors (Lipinski definition) is 5. The van der Waals surface area contributed by atoms with Crippen LogP contribution < -0.4 is 5.32 Å². The van der Waals surface area contributed by atoms with Crippen LogP contribution in [0.1, 0.15) is 15.9 Å². The Morgan fingerprint density at radius 3 is 2.20 bits per heavy atom. The van der Waals surface area contributed by atoms with Gasteiger partial charge < -0.3 is 25.7 Å². The van der Waals surface area contributed by atoms with Crippen LogP contribution in [-0.2, 0) is 9.59 Å². The number of hydrogen-bond acceptors (Lipinski definition) is 5. The van der Waals surface area contributed by atoms with Crippen LogP contribution >= 0.6 is 0 Å². The van der Waals surface area contributed by atoms with E-state index in [0.717, 1.165) is 18.2 Å². The number of carboxylic acid groups (broad SMARTS) is 2. The Morgan fingerprint density at radius 1 is 0.920 bits per heavy atom. The van der Waals surface area contributed by atoms with Crippen molar-refractivity contribution in [1.29, 1.82) is 0 Å². The number of nitrogens with one attached hydrogen (secondary N) is 1. The molecule has 8 heteroatoms. The fourth-order valence-electron chi connectivity index (χ4n) is 1.99. The summed E-state index contributed by atoms with van der Waals surface area (Å²) in [4.78, 5) is 34.7. The van der Waals surface area contributed by atoms with Gasteiger partial charge >= 0.3 is 11.9 Å². The summed E-state index contributed by atoms with van der Waals surface area (Å²) < 4.78 is 0. The van der Waals surface area contributed by atoms with Gasteiger partial charge in [0.1, 0.15) is 5.57 Å². The number of benzene rings is 2. The molecule has 5 N–H and O–H groups in total. The molecule has 0 saturated heterocycles. The number of rotatable bonds is 5. The summed E-state index contributed by atoms with van der Waals surface area (Å²) in [5, 5.41) is 39.2. The molecule has 0 heterocycles. The third kappa shape index (κ3) is 4.14. The zero-order valence-corrected chi connectivity index (χ0v) is 12.6. The zero-order valence-electron chi connectivity index (χ0n) is 12.6. The summed E-state index contributed by atoms with van der Waals surface area (Å²) in [5.41, 5.74) is -0.761. The van der Waals surface area contributed by atoms with E-state index in [0.29, 0.717) is 0 Å². The molecule has 0 bridgehead atoms. The summed E-state index contributed by atoms with van der Waals surface area (Å²) in [7, 11) is 0. The van der Waals surface area contributed by atoms with Crippen molar-refractivity contribution in [2.45, 2.75) is 0 Å². The number of para-hydroxylation sites is 1. The van der Waals surface area contributed by atoms with Crippen LogP contribution in [0.25, 0.3) is 6.08 Å². The van der Waals surface area contributed by atoms with Crippen LogP contribution in [-0.4, -0.2) is 38.3 Å². The number of carbonyl (C=O) groups excluding carboxylic acids is 1. The molecule has 0 saturated carbocycles. The average Bonchev–Trinajstić information content (AvgIpc) is 2.55. The van der Waals surface area contributed by atoms with E-state index in [1.807, 2.05) is 0 Å². The van der Waals surface area contributed by atoms with Crippen molar-refractivity contribution in [2.24, 2.45) is 0 Å². The minimum Gasteiger partial charge on any atom is -0.504 e. The Kier molecular flexibility index (Phi) is 5.03. The minimum atomic E-state index is -1.54. The van der Waals surface area contributed by atoms with Gasteiger partial charge in [0.15, 0.2) is 11.5 Å². The number of aliphatic carboxylic acids is 1. The zero-order chi connectivity index (χ0) is 18.6. The normalized spacial score (nSPS) is 11.0. The summed E-state index contributed by atoms with van der Waals surface area (Å²) in [5.74, 6) is -4.73. The first-order valence-corrected chi connectivity index (χ1v) is 6.90. The van der Waals surface area contributed by atoms with Crippen molar-refractivity contribution >= 4 is 29.6 Å². The van der Waals surface area contributed by atoms with Crippen LogP contribution in [0, 0.1) is 0 Å². The van der Waals surface area contributed by atoms with E-state index in [2.05, 4.69) is 5.32 Å². The predicted octanol–water partition coefficient (Wildman–Crippen LogP) is 1.90. The van der Waals surface area contributed by atoms with Gasteiger partial charge in [0, 0.05) is 0 Å². The average molecular weight is 343 g/mol. The summed E-state index contributed by atoms with van der Waals surface area (Å²) in [6.45, 7) is 0. The highest BCUT2D eigenvalue weighted by Gasteiger charge is 2.20. The quantitative estimate of drug-likeness (QED) is 0.241. The van der Waals surface area contributed by atoms with Crippen LogP contribution in [0.4, 0.5) is 5.69 Å². The first-order chi connectivity index (χ1) is 11.8. The van der Waals surface area contributed by atoms with Crippen molar-refractivity contribution < 1.29 is 34.8 Å². The second-order valence-electron chi connectivity index (χ2n) is 4.92. The molecule has 1 amide bonds. The molecule has 0 aliphatic carbocycles. The second-order valence-corrected chi connectivity index (χ2v) is 4.92. The number of phenols is 2. The molecule has 0 aliphatic rings. The SMILES string of the molecule is O=C(O)C(=Cc1ccc(O)c(O)c1)C(=O)Nc1ccccc1C(=O)O. The lowest BCUT2D eigenvalue weighted by atomic mass is 10.1. The number of aromatic carboxylic acids is 1. The van der Waals surface area contributed by atoms with Crippen molar-refractivity contribution in [3.63, 3.8) is 0 Å². The predicted molar refractivity (Wildman–Crippen MR) is 87.4 cm³/mol. The second kappa shape index (κ2) is 7.18. The third-order valence-electron chi connectivity index (χ3n) is 3.19. The van der Waals surface area contributed by atoms with Crippen LogP contribution in [0.5, 0.6) is 11.5 Å². The van der Waals surface area contributed by atoms with Gasteiger partial charge in [-0.2, -0.15) is 0 Å². The van der Waals surface area contributed by atoms with E-state index in [1.165, 1.54) is 30.3 Å². The van der Waals surface area contributed by atoms with Crippen LogP contribution in [0.3, 0.4) is 0 Å². The Labute approximate surface area is 141 Å². The monoisotopic (exact) mass is 343 g/mol. The Balaban J connectivity index is 2.36. The maximum Gasteiger partial charge on any atom is 0.341 e. The van der Waals surface area contributed by atoms with Gasteiger partial charge in [0.25, 0.3) is 5.91 Å². The molecule has 0 unspecified atom stereocenters.